The molecule has 1 aromatic rings. The van der Waals surface area contributed by atoms with Crippen LogP contribution in [0, 0.1) is 0 Å². The normalized spacial score (nSPS) is 13.5. The van der Waals surface area contributed by atoms with Crippen molar-refractivity contribution in [3.63, 3.8) is 0 Å². The van der Waals surface area contributed by atoms with Crippen molar-refractivity contribution in [1.29, 1.82) is 0 Å². The minimum atomic E-state index is -0.119. The zero-order valence-corrected chi connectivity index (χ0v) is 11.2. The summed E-state index contributed by atoms with van der Waals surface area (Å²) in [6.07, 6.45) is 0.579. The van der Waals surface area contributed by atoms with Gasteiger partial charge in [0.2, 0.25) is 0 Å². The van der Waals surface area contributed by atoms with Crippen LogP contribution in [-0.2, 0) is 5.41 Å². The summed E-state index contributed by atoms with van der Waals surface area (Å²) in [5, 5.41) is 8.92. The molecule has 17 heavy (non-hydrogen) atoms. The topological polar surface area (TPSA) is 55.5 Å². The number of hydrogen-bond acceptors (Lipinski definition) is 3. The Morgan fingerprint density at radius 1 is 1.35 bits per heavy atom. The average molecular weight is 237 g/mol. The molecule has 0 saturated heterocycles. The molecule has 1 atom stereocenters. The standard InChI is InChI=1S/C14H23NO2/c1-14(2,3)11-9-10(12(15)7-8-16)5-6-13(11)17-4/h5-6,9,12,16H,7-8,15H2,1-4H3. The highest BCUT2D eigenvalue weighted by molar-refractivity contribution is 5.42. The van der Waals surface area contributed by atoms with Crippen LogP contribution in [0.1, 0.15) is 44.4 Å². The second kappa shape index (κ2) is 5.52. The number of rotatable bonds is 4. The van der Waals surface area contributed by atoms with E-state index in [1.165, 1.54) is 0 Å². The summed E-state index contributed by atoms with van der Waals surface area (Å²) in [6.45, 7) is 6.54. The van der Waals surface area contributed by atoms with Gasteiger partial charge in [-0.1, -0.05) is 32.9 Å². The van der Waals surface area contributed by atoms with Crippen LogP contribution in [0.2, 0.25) is 0 Å². The molecule has 3 heteroatoms. The van der Waals surface area contributed by atoms with Crippen LogP contribution in [0.25, 0.3) is 0 Å². The smallest absolute Gasteiger partial charge is 0.122 e. The zero-order valence-electron chi connectivity index (χ0n) is 11.2. The maximum Gasteiger partial charge on any atom is 0.122 e. The van der Waals surface area contributed by atoms with E-state index < -0.39 is 0 Å². The van der Waals surface area contributed by atoms with E-state index in [0.717, 1.165) is 16.9 Å². The van der Waals surface area contributed by atoms with Gasteiger partial charge in [0.05, 0.1) is 7.11 Å². The van der Waals surface area contributed by atoms with Crippen LogP contribution < -0.4 is 10.5 Å². The van der Waals surface area contributed by atoms with Crippen molar-refractivity contribution in [1.82, 2.24) is 0 Å². The lowest BCUT2D eigenvalue weighted by molar-refractivity contribution is 0.276. The van der Waals surface area contributed by atoms with Crippen molar-refractivity contribution < 1.29 is 9.84 Å². The van der Waals surface area contributed by atoms with Crippen LogP contribution in [0.15, 0.2) is 18.2 Å². The second-order valence-corrected chi connectivity index (χ2v) is 5.33. The highest BCUT2D eigenvalue weighted by Crippen LogP contribution is 2.33. The molecule has 0 radical (unpaired) electrons. The van der Waals surface area contributed by atoms with Crippen LogP contribution in [0.5, 0.6) is 5.75 Å². The Balaban J connectivity index is 3.13. The molecular formula is C14H23NO2. The van der Waals surface area contributed by atoms with Crippen molar-refractivity contribution in [2.24, 2.45) is 5.73 Å². The fraction of sp³-hybridized carbons (Fsp3) is 0.571. The van der Waals surface area contributed by atoms with Gasteiger partial charge in [0.25, 0.3) is 0 Å². The first-order chi connectivity index (χ1) is 7.90. The Kier molecular flexibility index (Phi) is 4.54. The van der Waals surface area contributed by atoms with Crippen molar-refractivity contribution in [2.45, 2.75) is 38.6 Å². The fourth-order valence-electron chi connectivity index (χ4n) is 1.85. The monoisotopic (exact) mass is 237 g/mol. The van der Waals surface area contributed by atoms with Gasteiger partial charge in [0, 0.05) is 12.6 Å². The number of methoxy groups -OCH3 is 1. The lowest BCUT2D eigenvalue weighted by atomic mass is 9.84. The molecule has 0 heterocycles. The molecule has 0 fully saturated rings. The fourth-order valence-corrected chi connectivity index (χ4v) is 1.85. The first-order valence-corrected chi connectivity index (χ1v) is 5.95. The highest BCUT2D eigenvalue weighted by atomic mass is 16.5. The quantitative estimate of drug-likeness (QED) is 0.845. The van der Waals surface area contributed by atoms with Gasteiger partial charge in [-0.3, -0.25) is 0 Å². The molecular weight excluding hydrogens is 214 g/mol. The third kappa shape index (κ3) is 3.45. The van der Waals surface area contributed by atoms with E-state index in [1.807, 2.05) is 12.1 Å². The molecule has 96 valence electrons. The van der Waals surface area contributed by atoms with Crippen LogP contribution in [0.4, 0.5) is 0 Å². The molecule has 1 unspecified atom stereocenters. The van der Waals surface area contributed by atoms with E-state index in [1.54, 1.807) is 7.11 Å². The van der Waals surface area contributed by atoms with E-state index >= 15 is 0 Å². The summed E-state index contributed by atoms with van der Waals surface area (Å²) in [5.74, 6) is 0.887. The van der Waals surface area contributed by atoms with Crippen LogP contribution >= 0.6 is 0 Å². The molecule has 0 amide bonds. The maximum atomic E-state index is 8.92. The number of hydrogen-bond donors (Lipinski definition) is 2. The summed E-state index contributed by atoms with van der Waals surface area (Å²) in [4.78, 5) is 0. The van der Waals surface area contributed by atoms with E-state index in [4.69, 9.17) is 15.6 Å². The van der Waals surface area contributed by atoms with Gasteiger partial charge in [0.1, 0.15) is 5.75 Å². The largest absolute Gasteiger partial charge is 0.496 e. The Labute approximate surface area is 104 Å². The third-order valence-corrected chi connectivity index (χ3v) is 2.90. The van der Waals surface area contributed by atoms with Crippen LogP contribution in [0.3, 0.4) is 0 Å². The van der Waals surface area contributed by atoms with Crippen molar-refractivity contribution in [2.75, 3.05) is 13.7 Å². The van der Waals surface area contributed by atoms with Gasteiger partial charge in [-0.05, 0) is 29.0 Å². The van der Waals surface area contributed by atoms with Gasteiger partial charge < -0.3 is 15.6 Å². The molecule has 0 saturated carbocycles. The van der Waals surface area contributed by atoms with Crippen molar-refractivity contribution >= 4 is 0 Å². The molecule has 1 aromatic carbocycles. The molecule has 0 spiro atoms. The lowest BCUT2D eigenvalue weighted by Gasteiger charge is -2.24. The van der Waals surface area contributed by atoms with Gasteiger partial charge in [-0.15, -0.1) is 0 Å². The predicted octanol–water partition coefficient (Wildman–Crippen LogP) is 2.37. The molecule has 0 bridgehead atoms. The predicted molar refractivity (Wildman–Crippen MR) is 70.3 cm³/mol. The molecule has 0 aliphatic heterocycles. The Morgan fingerprint density at radius 2 is 2.00 bits per heavy atom. The second-order valence-electron chi connectivity index (χ2n) is 5.33. The summed E-state index contributed by atoms with van der Waals surface area (Å²) in [6, 6.07) is 5.88. The lowest BCUT2D eigenvalue weighted by Crippen LogP contribution is -2.16. The first-order valence-electron chi connectivity index (χ1n) is 5.95. The average Bonchev–Trinajstić information content (AvgIpc) is 2.27. The van der Waals surface area contributed by atoms with E-state index in [2.05, 4.69) is 26.8 Å². The number of nitrogens with two attached hydrogens (primary N) is 1. The Morgan fingerprint density at radius 3 is 2.47 bits per heavy atom. The van der Waals surface area contributed by atoms with E-state index in [-0.39, 0.29) is 18.1 Å². The maximum absolute atomic E-state index is 8.92. The number of aliphatic hydroxyl groups excluding tert-OH is 1. The number of aliphatic hydroxyl groups is 1. The molecule has 0 aliphatic rings. The Bertz CT molecular complexity index is 369. The van der Waals surface area contributed by atoms with Gasteiger partial charge in [0.15, 0.2) is 0 Å². The molecule has 0 aliphatic carbocycles. The van der Waals surface area contributed by atoms with Crippen molar-refractivity contribution in [3.05, 3.63) is 29.3 Å². The highest BCUT2D eigenvalue weighted by Gasteiger charge is 2.20. The minimum absolute atomic E-state index is 0.0142. The summed E-state index contributed by atoms with van der Waals surface area (Å²) in [5.41, 5.74) is 8.21. The SMILES string of the molecule is COc1ccc(C(N)CCO)cc1C(C)(C)C. The van der Waals surface area contributed by atoms with E-state index in [0.29, 0.717) is 6.42 Å². The van der Waals surface area contributed by atoms with Crippen molar-refractivity contribution in [3.8, 4) is 5.75 Å². The minimum Gasteiger partial charge on any atom is -0.496 e. The summed E-state index contributed by atoms with van der Waals surface area (Å²) in [7, 11) is 1.68. The van der Waals surface area contributed by atoms with Gasteiger partial charge >= 0.3 is 0 Å². The Hall–Kier alpha value is -1.06. The van der Waals surface area contributed by atoms with Gasteiger partial charge in [-0.25, -0.2) is 0 Å². The first kappa shape index (κ1) is 14.0. The zero-order chi connectivity index (χ0) is 13.1. The summed E-state index contributed by atoms with van der Waals surface area (Å²) >= 11 is 0. The van der Waals surface area contributed by atoms with Gasteiger partial charge in [-0.2, -0.15) is 0 Å². The number of benzene rings is 1. The number of ether oxygens (including phenoxy) is 1. The third-order valence-electron chi connectivity index (χ3n) is 2.90. The molecule has 0 aromatic heterocycles. The molecule has 3 N–H and O–H groups in total. The molecule has 3 nitrogen and oxygen atoms in total. The molecule has 1 rings (SSSR count). The van der Waals surface area contributed by atoms with Crippen LogP contribution in [-0.4, -0.2) is 18.8 Å². The van der Waals surface area contributed by atoms with E-state index in [9.17, 15) is 0 Å². The summed E-state index contributed by atoms with van der Waals surface area (Å²) < 4.78 is 5.38.